The van der Waals surface area contributed by atoms with E-state index in [0.29, 0.717) is 12.5 Å². The van der Waals surface area contributed by atoms with Crippen LogP contribution in [-0.4, -0.2) is 15.0 Å². The van der Waals surface area contributed by atoms with Crippen molar-refractivity contribution >= 4 is 0 Å². The Hall–Kier alpha value is -0.900. The monoisotopic (exact) mass is 210 g/mol. The highest BCUT2D eigenvalue weighted by Crippen LogP contribution is 2.17. The molecule has 0 bridgehead atoms. The van der Waals surface area contributed by atoms with Crippen molar-refractivity contribution in [3.8, 4) is 0 Å². The van der Waals surface area contributed by atoms with E-state index >= 15 is 0 Å². The number of aryl methyl sites for hydroxylation is 1. The first-order valence-corrected chi connectivity index (χ1v) is 5.83. The molecule has 86 valence electrons. The van der Waals surface area contributed by atoms with E-state index < -0.39 is 0 Å². The predicted molar refractivity (Wildman–Crippen MR) is 61.5 cm³/mol. The third-order valence-electron chi connectivity index (χ3n) is 2.56. The van der Waals surface area contributed by atoms with Crippen LogP contribution in [0.25, 0.3) is 0 Å². The Morgan fingerprint density at radius 1 is 1.33 bits per heavy atom. The number of rotatable bonds is 6. The highest BCUT2D eigenvalue weighted by atomic mass is 15.4. The molecular formula is C11H22N4. The molecule has 0 atom stereocenters. The molecule has 2 N–H and O–H groups in total. The van der Waals surface area contributed by atoms with Gasteiger partial charge in [0.05, 0.1) is 11.4 Å². The fourth-order valence-electron chi connectivity index (χ4n) is 1.81. The summed E-state index contributed by atoms with van der Waals surface area (Å²) < 4.78 is 2.02. The summed E-state index contributed by atoms with van der Waals surface area (Å²) in [5.74, 6) is 0.445. The van der Waals surface area contributed by atoms with Gasteiger partial charge in [-0.3, -0.25) is 0 Å². The van der Waals surface area contributed by atoms with Gasteiger partial charge in [0.25, 0.3) is 0 Å². The van der Waals surface area contributed by atoms with E-state index in [9.17, 15) is 0 Å². The van der Waals surface area contributed by atoms with E-state index in [1.54, 1.807) is 0 Å². The Labute approximate surface area is 91.9 Å². The summed E-state index contributed by atoms with van der Waals surface area (Å²) in [5.41, 5.74) is 7.79. The molecule has 0 fully saturated rings. The Morgan fingerprint density at radius 2 is 2.07 bits per heavy atom. The molecule has 0 unspecified atom stereocenters. The molecule has 1 rings (SSSR count). The maximum absolute atomic E-state index is 5.64. The van der Waals surface area contributed by atoms with Crippen LogP contribution in [0.4, 0.5) is 0 Å². The van der Waals surface area contributed by atoms with Crippen LogP contribution in [0.15, 0.2) is 0 Å². The first kappa shape index (κ1) is 12.2. The summed E-state index contributed by atoms with van der Waals surface area (Å²) in [6.07, 6.45) is 3.65. The largest absolute Gasteiger partial charge is 0.325 e. The molecule has 1 aromatic rings. The van der Waals surface area contributed by atoms with E-state index in [1.807, 2.05) is 4.68 Å². The van der Waals surface area contributed by atoms with Gasteiger partial charge in [-0.25, -0.2) is 4.68 Å². The quantitative estimate of drug-likeness (QED) is 0.731. The van der Waals surface area contributed by atoms with Crippen LogP contribution in [0.2, 0.25) is 0 Å². The van der Waals surface area contributed by atoms with Gasteiger partial charge < -0.3 is 5.73 Å². The Morgan fingerprint density at radius 3 is 2.60 bits per heavy atom. The van der Waals surface area contributed by atoms with E-state index in [2.05, 4.69) is 31.1 Å². The zero-order valence-electron chi connectivity index (χ0n) is 10.0. The maximum Gasteiger partial charge on any atom is 0.0997 e. The molecule has 0 aliphatic carbocycles. The Kier molecular flexibility index (Phi) is 4.75. The summed E-state index contributed by atoms with van der Waals surface area (Å²) in [6, 6.07) is 0. The second-order valence-corrected chi connectivity index (χ2v) is 4.21. The molecule has 0 spiro atoms. The summed E-state index contributed by atoms with van der Waals surface area (Å²) in [4.78, 5) is 0. The van der Waals surface area contributed by atoms with Gasteiger partial charge in [0.15, 0.2) is 0 Å². The van der Waals surface area contributed by atoms with Crippen molar-refractivity contribution in [2.24, 2.45) is 5.73 Å². The average Bonchev–Trinajstić information content (AvgIpc) is 2.61. The maximum atomic E-state index is 5.64. The minimum atomic E-state index is 0.445. The van der Waals surface area contributed by atoms with E-state index in [0.717, 1.165) is 12.2 Å². The molecule has 0 amide bonds. The molecule has 1 heterocycles. The number of nitrogens with two attached hydrogens (primary N) is 1. The van der Waals surface area contributed by atoms with Crippen LogP contribution >= 0.6 is 0 Å². The van der Waals surface area contributed by atoms with Gasteiger partial charge in [0, 0.05) is 13.1 Å². The third kappa shape index (κ3) is 3.02. The van der Waals surface area contributed by atoms with Crippen LogP contribution in [-0.2, 0) is 13.1 Å². The lowest BCUT2D eigenvalue weighted by Crippen LogP contribution is -2.09. The molecule has 0 aromatic carbocycles. The van der Waals surface area contributed by atoms with Crippen LogP contribution in [0.1, 0.15) is 57.3 Å². The van der Waals surface area contributed by atoms with E-state index in [1.165, 1.54) is 25.0 Å². The first-order valence-electron chi connectivity index (χ1n) is 5.83. The van der Waals surface area contributed by atoms with Crippen molar-refractivity contribution in [3.63, 3.8) is 0 Å². The van der Waals surface area contributed by atoms with Crippen LogP contribution in [0.3, 0.4) is 0 Å². The SMILES string of the molecule is CCCCCn1nnc(CN)c1C(C)C. The summed E-state index contributed by atoms with van der Waals surface area (Å²) in [7, 11) is 0. The number of hydrogen-bond donors (Lipinski definition) is 1. The van der Waals surface area contributed by atoms with E-state index in [4.69, 9.17) is 5.73 Å². The number of nitrogens with zero attached hydrogens (tertiary/aromatic N) is 3. The van der Waals surface area contributed by atoms with Crippen molar-refractivity contribution in [2.45, 2.75) is 59.0 Å². The Balaban J connectivity index is 2.73. The smallest absolute Gasteiger partial charge is 0.0997 e. The van der Waals surface area contributed by atoms with Gasteiger partial charge in [-0.2, -0.15) is 0 Å². The molecule has 0 aliphatic rings. The first-order chi connectivity index (χ1) is 7.20. The third-order valence-corrected chi connectivity index (χ3v) is 2.56. The molecule has 15 heavy (non-hydrogen) atoms. The van der Waals surface area contributed by atoms with Gasteiger partial charge >= 0.3 is 0 Å². The van der Waals surface area contributed by atoms with Crippen molar-refractivity contribution in [3.05, 3.63) is 11.4 Å². The van der Waals surface area contributed by atoms with Gasteiger partial charge in [0.2, 0.25) is 0 Å². The Bertz CT molecular complexity index is 291. The zero-order valence-corrected chi connectivity index (χ0v) is 10.0. The molecule has 0 saturated carbocycles. The fraction of sp³-hybridized carbons (Fsp3) is 0.818. The molecule has 0 aliphatic heterocycles. The molecular weight excluding hydrogens is 188 g/mol. The minimum Gasteiger partial charge on any atom is -0.325 e. The predicted octanol–water partition coefficient (Wildman–Crippen LogP) is 2.05. The van der Waals surface area contributed by atoms with Crippen LogP contribution < -0.4 is 5.73 Å². The lowest BCUT2D eigenvalue weighted by atomic mass is 10.1. The van der Waals surface area contributed by atoms with Crippen LogP contribution in [0, 0.1) is 0 Å². The number of aromatic nitrogens is 3. The van der Waals surface area contributed by atoms with Crippen LogP contribution in [0.5, 0.6) is 0 Å². The fourth-order valence-corrected chi connectivity index (χ4v) is 1.81. The van der Waals surface area contributed by atoms with Gasteiger partial charge in [-0.1, -0.05) is 38.8 Å². The second kappa shape index (κ2) is 5.85. The summed E-state index contributed by atoms with van der Waals surface area (Å²) >= 11 is 0. The van der Waals surface area contributed by atoms with E-state index in [-0.39, 0.29) is 0 Å². The molecule has 0 radical (unpaired) electrons. The minimum absolute atomic E-state index is 0.445. The highest BCUT2D eigenvalue weighted by Gasteiger charge is 2.14. The normalized spacial score (nSPS) is 11.3. The van der Waals surface area contributed by atoms with Crippen molar-refractivity contribution in [1.29, 1.82) is 0 Å². The zero-order chi connectivity index (χ0) is 11.3. The molecule has 4 heteroatoms. The van der Waals surface area contributed by atoms with Gasteiger partial charge in [-0.15, -0.1) is 5.10 Å². The molecule has 0 saturated heterocycles. The molecule has 4 nitrogen and oxygen atoms in total. The highest BCUT2D eigenvalue weighted by molar-refractivity contribution is 5.13. The average molecular weight is 210 g/mol. The second-order valence-electron chi connectivity index (χ2n) is 4.21. The van der Waals surface area contributed by atoms with Crippen molar-refractivity contribution in [1.82, 2.24) is 15.0 Å². The number of unbranched alkanes of at least 4 members (excludes halogenated alkanes) is 2. The molecule has 1 aromatic heterocycles. The van der Waals surface area contributed by atoms with Gasteiger partial charge in [-0.05, 0) is 12.3 Å². The summed E-state index contributed by atoms with van der Waals surface area (Å²) in [5, 5.41) is 8.29. The standard InChI is InChI=1S/C11H22N4/c1-4-5-6-7-15-11(9(2)3)10(8-12)13-14-15/h9H,4-8,12H2,1-3H3. The van der Waals surface area contributed by atoms with Crippen molar-refractivity contribution < 1.29 is 0 Å². The lowest BCUT2D eigenvalue weighted by Gasteiger charge is -2.10. The topological polar surface area (TPSA) is 56.7 Å². The van der Waals surface area contributed by atoms with Crippen molar-refractivity contribution in [2.75, 3.05) is 0 Å². The van der Waals surface area contributed by atoms with Gasteiger partial charge in [0.1, 0.15) is 0 Å². The lowest BCUT2D eigenvalue weighted by molar-refractivity contribution is 0.510. The number of hydrogen-bond acceptors (Lipinski definition) is 3. The summed E-state index contributed by atoms with van der Waals surface area (Å²) in [6.45, 7) is 7.98.